The Kier molecular flexibility index (Phi) is 7.40. The molecule has 0 saturated carbocycles. The van der Waals surface area contributed by atoms with E-state index in [1.54, 1.807) is 12.1 Å². The maximum absolute atomic E-state index is 10.0. The van der Waals surface area contributed by atoms with Crippen molar-refractivity contribution in [2.75, 3.05) is 9.80 Å². The zero-order valence-corrected chi connectivity index (χ0v) is 24.1. The lowest BCUT2D eigenvalue weighted by atomic mass is 9.72. The molecule has 0 spiro atoms. The number of benzene rings is 3. The fourth-order valence-electron chi connectivity index (χ4n) is 5.71. The van der Waals surface area contributed by atoms with Crippen LogP contribution in [0.2, 0.25) is 0 Å². The maximum atomic E-state index is 10.0. The fourth-order valence-corrected chi connectivity index (χ4v) is 5.71. The minimum absolute atomic E-state index is 0.132. The highest BCUT2D eigenvalue weighted by atomic mass is 16.3. The number of fused-ring (bicyclic) bond motifs is 2. The Morgan fingerprint density at radius 1 is 0.950 bits per heavy atom. The summed E-state index contributed by atoms with van der Waals surface area (Å²) in [6, 6.07) is 22.8. The molecular weight excluding hydrogens is 488 g/mol. The molecule has 2 heterocycles. The van der Waals surface area contributed by atoms with E-state index >= 15 is 0 Å². The van der Waals surface area contributed by atoms with Gasteiger partial charge >= 0.3 is 0 Å². The predicted octanol–water partition coefficient (Wildman–Crippen LogP) is 9.61. The third kappa shape index (κ3) is 4.84. The van der Waals surface area contributed by atoms with Crippen LogP contribution in [-0.2, 0) is 11.8 Å². The van der Waals surface area contributed by atoms with Crippen LogP contribution in [0.15, 0.2) is 139 Å². The van der Waals surface area contributed by atoms with Crippen molar-refractivity contribution in [3.05, 3.63) is 155 Å². The van der Waals surface area contributed by atoms with Gasteiger partial charge in [0.2, 0.25) is 0 Å². The smallest absolute Gasteiger partial charge is 0.115 e. The van der Waals surface area contributed by atoms with Crippen molar-refractivity contribution in [1.82, 2.24) is 0 Å². The van der Waals surface area contributed by atoms with Crippen LogP contribution in [0.4, 0.5) is 17.1 Å². The average molecular weight is 527 g/mol. The first kappa shape index (κ1) is 27.1. The van der Waals surface area contributed by atoms with E-state index in [1.165, 1.54) is 33.6 Å². The summed E-state index contributed by atoms with van der Waals surface area (Å²) >= 11 is 0. The molecule has 0 aliphatic carbocycles. The van der Waals surface area contributed by atoms with E-state index in [2.05, 4.69) is 129 Å². The Hall–Kier alpha value is -4.50. The van der Waals surface area contributed by atoms with Crippen LogP contribution in [0.25, 0.3) is 0 Å². The number of phenolic OH excluding ortho intramolecular Hbond substituents is 1. The second-order valence-corrected chi connectivity index (χ2v) is 10.9. The lowest BCUT2D eigenvalue weighted by Gasteiger charge is -2.43. The number of nitrogens with zero attached hydrogens (tertiary/aromatic N) is 2. The van der Waals surface area contributed by atoms with Crippen molar-refractivity contribution in [3.8, 4) is 5.75 Å². The lowest BCUT2D eigenvalue weighted by molar-refractivity contribution is 0.475. The molecule has 5 rings (SSSR count). The zero-order valence-electron chi connectivity index (χ0n) is 24.1. The van der Waals surface area contributed by atoms with E-state index in [0.29, 0.717) is 0 Å². The van der Waals surface area contributed by atoms with Crippen LogP contribution in [0.3, 0.4) is 0 Å². The molecule has 0 unspecified atom stereocenters. The molecule has 0 bridgehead atoms. The molecular formula is C37H38N2O. The molecule has 0 fully saturated rings. The van der Waals surface area contributed by atoms with E-state index in [1.807, 2.05) is 19.1 Å². The number of hydrogen-bond donors (Lipinski definition) is 1. The minimum atomic E-state index is -0.132. The molecule has 1 N–H and O–H groups in total. The summed E-state index contributed by atoms with van der Waals surface area (Å²) in [6.45, 7) is 15.4. The van der Waals surface area contributed by atoms with E-state index in [4.69, 9.17) is 0 Å². The molecule has 2 aliphatic heterocycles. The van der Waals surface area contributed by atoms with Crippen LogP contribution < -0.4 is 9.80 Å². The summed E-state index contributed by atoms with van der Waals surface area (Å²) in [5, 5.41) is 10.0. The molecule has 0 radical (unpaired) electrons. The first-order valence-corrected chi connectivity index (χ1v) is 13.9. The third-order valence-corrected chi connectivity index (χ3v) is 7.89. The van der Waals surface area contributed by atoms with Crippen molar-refractivity contribution in [2.45, 2.75) is 46.5 Å². The SMILES string of the molecule is C=C1/C=C\C(N(C(/C=C/C)=C/C(C)=C\C)c2ccc(O)cc2)=C/Cc2cccc3c2N1c1ccccc1C3(C)C. The highest BCUT2D eigenvalue weighted by molar-refractivity contribution is 5.84. The van der Waals surface area contributed by atoms with Gasteiger partial charge in [-0.15, -0.1) is 0 Å². The Morgan fingerprint density at radius 2 is 1.68 bits per heavy atom. The van der Waals surface area contributed by atoms with Gasteiger partial charge in [-0.05, 0) is 98.5 Å². The van der Waals surface area contributed by atoms with Gasteiger partial charge in [-0.25, -0.2) is 0 Å². The number of rotatable bonds is 5. The molecule has 3 aromatic carbocycles. The monoisotopic (exact) mass is 526 g/mol. The van der Waals surface area contributed by atoms with Gasteiger partial charge in [-0.1, -0.05) is 80.6 Å². The van der Waals surface area contributed by atoms with E-state index in [-0.39, 0.29) is 11.2 Å². The number of anilines is 3. The van der Waals surface area contributed by atoms with Crippen LogP contribution in [0.5, 0.6) is 5.75 Å². The summed E-state index contributed by atoms with van der Waals surface area (Å²) in [7, 11) is 0. The van der Waals surface area contributed by atoms with E-state index in [9.17, 15) is 5.11 Å². The molecule has 202 valence electrons. The third-order valence-electron chi connectivity index (χ3n) is 7.89. The molecule has 3 nitrogen and oxygen atoms in total. The number of aromatic hydroxyl groups is 1. The molecule has 2 aliphatic rings. The molecule has 0 amide bonds. The molecule has 3 aromatic rings. The second-order valence-electron chi connectivity index (χ2n) is 10.9. The Balaban J connectivity index is 1.73. The molecule has 0 saturated heterocycles. The first-order valence-electron chi connectivity index (χ1n) is 13.9. The molecule has 0 atom stereocenters. The number of hydrogen-bond acceptors (Lipinski definition) is 3. The maximum Gasteiger partial charge on any atom is 0.115 e. The van der Waals surface area contributed by atoms with E-state index < -0.39 is 0 Å². The van der Waals surface area contributed by atoms with Crippen LogP contribution in [0.1, 0.15) is 51.3 Å². The van der Waals surface area contributed by atoms with Gasteiger partial charge in [0.25, 0.3) is 0 Å². The van der Waals surface area contributed by atoms with Gasteiger partial charge in [0.05, 0.1) is 11.4 Å². The van der Waals surface area contributed by atoms with Crippen LogP contribution >= 0.6 is 0 Å². The summed E-state index contributed by atoms with van der Waals surface area (Å²) in [5.74, 6) is 0.244. The van der Waals surface area contributed by atoms with Crippen LogP contribution in [0, 0.1) is 0 Å². The second kappa shape index (κ2) is 10.9. The number of para-hydroxylation sites is 2. The highest BCUT2D eigenvalue weighted by Gasteiger charge is 2.38. The summed E-state index contributed by atoms with van der Waals surface area (Å²) < 4.78 is 0. The van der Waals surface area contributed by atoms with Crippen LogP contribution in [-0.4, -0.2) is 5.11 Å². The molecule has 3 heteroatoms. The number of allylic oxidation sites excluding steroid dienone is 8. The quantitative estimate of drug-likeness (QED) is 0.335. The Labute approximate surface area is 239 Å². The van der Waals surface area contributed by atoms with E-state index in [0.717, 1.165) is 29.2 Å². The molecule has 0 aromatic heterocycles. The van der Waals surface area contributed by atoms with Crippen molar-refractivity contribution in [1.29, 1.82) is 0 Å². The standard InChI is InChI=1S/C37H38N2O/c1-7-12-31(25-26(3)8-2)39(30-21-23-32(40)24-22-30)29-19-17-27(4)38-35-16-10-9-14-33(35)37(5,6)34-15-11-13-28(18-20-29)36(34)38/h7-17,19-25,40H,4,18H2,1-3,5-6H3/b12-7+,19-17-,26-8-,29-20+,31-25+. The highest BCUT2D eigenvalue weighted by Crippen LogP contribution is 2.51. The van der Waals surface area contributed by atoms with Gasteiger partial charge in [0.15, 0.2) is 0 Å². The van der Waals surface area contributed by atoms with Crippen molar-refractivity contribution in [2.24, 2.45) is 0 Å². The average Bonchev–Trinajstić information content (AvgIpc) is 3.01. The summed E-state index contributed by atoms with van der Waals surface area (Å²) in [5.41, 5.74) is 11.3. The largest absolute Gasteiger partial charge is 0.508 e. The Morgan fingerprint density at radius 3 is 2.40 bits per heavy atom. The number of phenols is 1. The van der Waals surface area contributed by atoms with Gasteiger partial charge in [-0.2, -0.15) is 0 Å². The van der Waals surface area contributed by atoms with Gasteiger partial charge < -0.3 is 14.9 Å². The Bertz CT molecular complexity index is 1600. The van der Waals surface area contributed by atoms with Gasteiger partial charge in [0.1, 0.15) is 5.75 Å². The van der Waals surface area contributed by atoms with Gasteiger partial charge in [0, 0.05) is 28.2 Å². The summed E-state index contributed by atoms with van der Waals surface area (Å²) in [6.07, 6.45) is 15.8. The topological polar surface area (TPSA) is 26.7 Å². The normalized spacial score (nSPS) is 18.7. The summed E-state index contributed by atoms with van der Waals surface area (Å²) in [4.78, 5) is 4.57. The lowest BCUT2D eigenvalue weighted by Crippen LogP contribution is -2.32. The zero-order chi connectivity index (χ0) is 28.4. The minimum Gasteiger partial charge on any atom is -0.508 e. The van der Waals surface area contributed by atoms with Crippen molar-refractivity contribution >= 4 is 17.1 Å². The van der Waals surface area contributed by atoms with Gasteiger partial charge in [-0.3, -0.25) is 0 Å². The molecule has 40 heavy (non-hydrogen) atoms. The first-order chi connectivity index (χ1) is 19.3. The predicted molar refractivity (Wildman–Crippen MR) is 170 cm³/mol. The van der Waals surface area contributed by atoms with Crippen molar-refractivity contribution < 1.29 is 5.11 Å². The fraction of sp³-hybridized carbons (Fsp3) is 0.189. The van der Waals surface area contributed by atoms with Crippen molar-refractivity contribution in [3.63, 3.8) is 0 Å².